The van der Waals surface area contributed by atoms with Crippen molar-refractivity contribution in [2.45, 2.75) is 24.3 Å². The molecule has 7 nitrogen and oxygen atoms in total. The minimum absolute atomic E-state index is 0.172. The van der Waals surface area contributed by atoms with Crippen molar-refractivity contribution in [1.29, 1.82) is 0 Å². The molecule has 0 spiro atoms. The van der Waals surface area contributed by atoms with Gasteiger partial charge in [0.05, 0.1) is 23.6 Å². The van der Waals surface area contributed by atoms with Gasteiger partial charge in [-0.2, -0.15) is 4.31 Å². The predicted octanol–water partition coefficient (Wildman–Crippen LogP) is 0.167. The Balaban J connectivity index is 2.41. The average Bonchev–Trinajstić information content (AvgIpc) is 2.38. The van der Waals surface area contributed by atoms with Gasteiger partial charge in [0.1, 0.15) is 5.82 Å². The number of rotatable bonds is 3. The predicted molar refractivity (Wildman–Crippen MR) is 70.8 cm³/mol. The van der Waals surface area contributed by atoms with Gasteiger partial charge in [-0.25, -0.2) is 19.2 Å². The molecule has 1 aliphatic heterocycles. The van der Waals surface area contributed by atoms with Crippen LogP contribution in [0.4, 0.5) is 5.82 Å². The van der Waals surface area contributed by atoms with Gasteiger partial charge in [0.15, 0.2) is 0 Å². The lowest BCUT2D eigenvalue weighted by molar-refractivity contribution is -0.00770. The molecule has 1 aromatic heterocycles. The molecule has 0 saturated carbocycles. The van der Waals surface area contributed by atoms with Gasteiger partial charge in [0.2, 0.25) is 10.0 Å². The first-order chi connectivity index (χ1) is 8.88. The number of nitrogens with one attached hydrogen (secondary N) is 1. The lowest BCUT2D eigenvalue weighted by atomic mass is 10.1. The van der Waals surface area contributed by atoms with E-state index in [0.29, 0.717) is 25.6 Å². The Labute approximate surface area is 112 Å². The highest BCUT2D eigenvalue weighted by Gasteiger charge is 2.39. The Kier molecular flexibility index (Phi) is 3.77. The zero-order chi connectivity index (χ0) is 14.1. The van der Waals surface area contributed by atoms with Crippen LogP contribution in [0.2, 0.25) is 0 Å². The highest BCUT2D eigenvalue weighted by Crippen LogP contribution is 2.27. The maximum Gasteiger partial charge on any atom is 0.243 e. The van der Waals surface area contributed by atoms with E-state index in [1.165, 1.54) is 22.6 Å². The molecule has 1 aliphatic rings. The zero-order valence-corrected chi connectivity index (χ0v) is 11.8. The molecule has 106 valence electrons. The van der Waals surface area contributed by atoms with E-state index in [2.05, 4.69) is 10.4 Å². The van der Waals surface area contributed by atoms with Crippen LogP contribution < -0.4 is 11.3 Å². The highest BCUT2D eigenvalue weighted by atomic mass is 32.2. The first-order valence-electron chi connectivity index (χ1n) is 5.91. The van der Waals surface area contributed by atoms with Crippen LogP contribution in [0.15, 0.2) is 23.2 Å². The third-order valence-electron chi connectivity index (χ3n) is 3.04. The topological polar surface area (TPSA) is 97.5 Å². The van der Waals surface area contributed by atoms with Gasteiger partial charge in [-0.3, -0.25) is 0 Å². The Bertz CT molecular complexity index is 559. The number of hydrogen-bond donors (Lipinski definition) is 2. The minimum atomic E-state index is -3.58. The van der Waals surface area contributed by atoms with Crippen LogP contribution in [0.1, 0.15) is 13.8 Å². The number of ether oxygens (including phenoxy) is 1. The maximum absolute atomic E-state index is 12.6. The number of aromatic nitrogens is 1. The van der Waals surface area contributed by atoms with Gasteiger partial charge in [-0.1, -0.05) is 0 Å². The molecule has 8 heteroatoms. The summed E-state index contributed by atoms with van der Waals surface area (Å²) >= 11 is 0. The molecule has 0 amide bonds. The molecule has 0 aliphatic carbocycles. The average molecular weight is 286 g/mol. The summed E-state index contributed by atoms with van der Waals surface area (Å²) in [6.07, 6.45) is 1.41. The summed E-state index contributed by atoms with van der Waals surface area (Å²) in [4.78, 5) is 4.08. The summed E-state index contributed by atoms with van der Waals surface area (Å²) in [7, 11) is -3.58. The molecule has 0 unspecified atom stereocenters. The molecule has 1 aromatic rings. The van der Waals surface area contributed by atoms with Crippen LogP contribution in [0.25, 0.3) is 0 Å². The van der Waals surface area contributed by atoms with Crippen LogP contribution in [-0.4, -0.2) is 43.0 Å². The van der Waals surface area contributed by atoms with Crippen molar-refractivity contribution in [2.75, 3.05) is 25.2 Å². The van der Waals surface area contributed by atoms with Gasteiger partial charge < -0.3 is 10.2 Å². The number of pyridine rings is 1. The third kappa shape index (κ3) is 2.71. The minimum Gasteiger partial charge on any atom is -0.378 e. The molecule has 1 saturated heterocycles. The summed E-state index contributed by atoms with van der Waals surface area (Å²) in [5.74, 6) is 5.56. The first kappa shape index (κ1) is 14.2. The molecule has 0 aromatic carbocycles. The fourth-order valence-corrected chi connectivity index (χ4v) is 3.83. The monoisotopic (exact) mass is 286 g/mol. The number of hydrogen-bond acceptors (Lipinski definition) is 6. The largest absolute Gasteiger partial charge is 0.378 e. The highest BCUT2D eigenvalue weighted by molar-refractivity contribution is 7.89. The molecule has 3 N–H and O–H groups in total. The fourth-order valence-electron chi connectivity index (χ4n) is 2.07. The fraction of sp³-hybridized carbons (Fsp3) is 0.545. The number of nitrogen functional groups attached to an aromatic ring is 1. The van der Waals surface area contributed by atoms with Gasteiger partial charge in [0, 0.05) is 18.8 Å². The van der Waals surface area contributed by atoms with Crippen molar-refractivity contribution in [3.8, 4) is 0 Å². The van der Waals surface area contributed by atoms with E-state index in [1.807, 2.05) is 13.8 Å². The van der Waals surface area contributed by atoms with E-state index in [-0.39, 0.29) is 4.90 Å². The van der Waals surface area contributed by atoms with Gasteiger partial charge in [-0.15, -0.1) is 0 Å². The lowest BCUT2D eigenvalue weighted by Gasteiger charge is -2.40. The smallest absolute Gasteiger partial charge is 0.243 e. The van der Waals surface area contributed by atoms with E-state index >= 15 is 0 Å². The van der Waals surface area contributed by atoms with E-state index in [4.69, 9.17) is 10.6 Å². The third-order valence-corrected chi connectivity index (χ3v) is 5.14. The van der Waals surface area contributed by atoms with Crippen LogP contribution in [0.5, 0.6) is 0 Å². The Morgan fingerprint density at radius 1 is 1.53 bits per heavy atom. The maximum atomic E-state index is 12.6. The number of sulfonamides is 1. The zero-order valence-electron chi connectivity index (χ0n) is 11.0. The second-order valence-corrected chi connectivity index (χ2v) is 6.83. The number of anilines is 1. The normalized spacial score (nSPS) is 20.2. The van der Waals surface area contributed by atoms with Crippen LogP contribution >= 0.6 is 0 Å². The van der Waals surface area contributed by atoms with E-state index in [0.717, 1.165) is 0 Å². The lowest BCUT2D eigenvalue weighted by Crippen LogP contribution is -2.55. The molecule has 2 rings (SSSR count). The van der Waals surface area contributed by atoms with Crippen molar-refractivity contribution in [3.05, 3.63) is 18.3 Å². The van der Waals surface area contributed by atoms with E-state index in [1.54, 1.807) is 0 Å². The van der Waals surface area contributed by atoms with Gasteiger partial charge in [-0.05, 0) is 19.9 Å². The quantitative estimate of drug-likeness (QED) is 0.607. The van der Waals surface area contributed by atoms with Gasteiger partial charge in [0.25, 0.3) is 0 Å². The van der Waals surface area contributed by atoms with Crippen molar-refractivity contribution >= 4 is 15.8 Å². The van der Waals surface area contributed by atoms with E-state index < -0.39 is 15.6 Å². The molecular weight excluding hydrogens is 268 g/mol. The number of morpholine rings is 1. The SMILES string of the molecule is CC1(C)COCCN1S(=O)(=O)c1ccnc(NN)c1. The van der Waals surface area contributed by atoms with Crippen LogP contribution in [0, 0.1) is 0 Å². The number of nitrogens with zero attached hydrogens (tertiary/aromatic N) is 2. The van der Waals surface area contributed by atoms with Gasteiger partial charge >= 0.3 is 0 Å². The molecule has 0 radical (unpaired) electrons. The second-order valence-electron chi connectivity index (χ2n) is 4.96. The second kappa shape index (κ2) is 5.04. The van der Waals surface area contributed by atoms with Crippen LogP contribution in [0.3, 0.4) is 0 Å². The van der Waals surface area contributed by atoms with Crippen LogP contribution in [-0.2, 0) is 14.8 Å². The van der Waals surface area contributed by atoms with Crippen molar-refractivity contribution in [3.63, 3.8) is 0 Å². The van der Waals surface area contributed by atoms with Crippen molar-refractivity contribution in [2.24, 2.45) is 5.84 Å². The molecule has 1 fully saturated rings. The summed E-state index contributed by atoms with van der Waals surface area (Å²) in [5.41, 5.74) is 1.77. The molecular formula is C11H18N4O3S. The molecule has 2 heterocycles. The Morgan fingerprint density at radius 3 is 2.89 bits per heavy atom. The first-order valence-corrected chi connectivity index (χ1v) is 7.35. The molecule has 0 bridgehead atoms. The summed E-state index contributed by atoms with van der Waals surface area (Å²) in [6, 6.07) is 2.88. The summed E-state index contributed by atoms with van der Waals surface area (Å²) in [5, 5.41) is 0. The van der Waals surface area contributed by atoms with Crippen molar-refractivity contribution < 1.29 is 13.2 Å². The summed E-state index contributed by atoms with van der Waals surface area (Å²) in [6.45, 7) is 4.79. The Morgan fingerprint density at radius 2 is 2.26 bits per heavy atom. The number of nitrogens with two attached hydrogens (primary N) is 1. The molecule has 19 heavy (non-hydrogen) atoms. The number of hydrazine groups is 1. The Hall–Kier alpha value is -1.22. The standard InChI is InChI=1S/C11H18N4O3S/c1-11(2)8-18-6-5-15(11)19(16,17)9-3-4-13-10(7-9)14-12/h3-4,7H,5-6,8,12H2,1-2H3,(H,13,14). The summed E-state index contributed by atoms with van der Waals surface area (Å²) < 4.78 is 32.1. The molecule has 0 atom stereocenters. The van der Waals surface area contributed by atoms with Crippen molar-refractivity contribution in [1.82, 2.24) is 9.29 Å². The van der Waals surface area contributed by atoms with E-state index in [9.17, 15) is 8.42 Å².